The van der Waals surface area contributed by atoms with Crippen molar-refractivity contribution in [2.45, 2.75) is 18.2 Å². The minimum atomic E-state index is -3.62. The van der Waals surface area contributed by atoms with Gasteiger partial charge in [0.1, 0.15) is 0 Å². The number of nitriles is 1. The molecule has 3 aromatic carbocycles. The van der Waals surface area contributed by atoms with E-state index in [9.17, 15) is 8.42 Å². The molecule has 0 fully saturated rings. The molecule has 0 radical (unpaired) electrons. The van der Waals surface area contributed by atoms with Gasteiger partial charge in [0.25, 0.3) is 10.0 Å². The molecule has 3 rings (SSSR count). The van der Waals surface area contributed by atoms with Crippen molar-refractivity contribution in [2.75, 3.05) is 10.0 Å². The van der Waals surface area contributed by atoms with Gasteiger partial charge in [-0.3, -0.25) is 4.72 Å². The lowest BCUT2D eigenvalue weighted by molar-refractivity contribution is 0.601. The van der Waals surface area contributed by atoms with E-state index in [1.165, 1.54) is 0 Å². The molecule has 0 heterocycles. The van der Waals surface area contributed by atoms with Crippen LogP contribution < -0.4 is 10.0 Å². The van der Waals surface area contributed by atoms with Crippen LogP contribution in [0.3, 0.4) is 0 Å². The third kappa shape index (κ3) is 4.66. The summed E-state index contributed by atoms with van der Waals surface area (Å²) in [5.74, 6) is 0. The number of rotatable bonds is 6. The summed E-state index contributed by atoms with van der Waals surface area (Å²) in [5.41, 5.74) is 3.83. The summed E-state index contributed by atoms with van der Waals surface area (Å²) in [6.07, 6.45) is 0.863. The van der Waals surface area contributed by atoms with Gasteiger partial charge in [0.2, 0.25) is 0 Å². The summed E-state index contributed by atoms with van der Waals surface area (Å²) in [7, 11) is -3.62. The number of sulfonamides is 1. The Morgan fingerprint density at radius 3 is 1.85 bits per heavy atom. The monoisotopic (exact) mass is 377 g/mol. The number of anilines is 3. The predicted molar refractivity (Wildman–Crippen MR) is 108 cm³/mol. The zero-order chi connectivity index (χ0) is 19.3. The van der Waals surface area contributed by atoms with Crippen LogP contribution in [0.5, 0.6) is 0 Å². The Morgan fingerprint density at radius 2 is 1.33 bits per heavy atom. The van der Waals surface area contributed by atoms with Crippen LogP contribution in [0.25, 0.3) is 0 Å². The van der Waals surface area contributed by atoms with Crippen LogP contribution in [0.2, 0.25) is 0 Å². The quantitative estimate of drug-likeness (QED) is 0.654. The number of aryl methyl sites for hydroxylation is 1. The Balaban J connectivity index is 1.69. The number of hydrogen-bond donors (Lipinski definition) is 2. The largest absolute Gasteiger partial charge is 0.356 e. The average molecular weight is 377 g/mol. The second kappa shape index (κ2) is 7.94. The third-order valence-corrected chi connectivity index (χ3v) is 5.48. The molecule has 3 aromatic rings. The molecule has 5 nitrogen and oxygen atoms in total. The molecule has 0 saturated carbocycles. The Bertz CT molecular complexity index is 1050. The molecule has 27 heavy (non-hydrogen) atoms. The predicted octanol–water partition coefficient (Wildman–Crippen LogP) is 4.67. The molecule has 0 amide bonds. The van der Waals surface area contributed by atoms with E-state index in [0.29, 0.717) is 11.3 Å². The second-order valence-corrected chi connectivity index (χ2v) is 7.68. The highest BCUT2D eigenvalue weighted by molar-refractivity contribution is 7.92. The van der Waals surface area contributed by atoms with Crippen molar-refractivity contribution in [3.8, 4) is 6.07 Å². The molecule has 0 spiro atoms. The fourth-order valence-corrected chi connectivity index (χ4v) is 3.59. The van der Waals surface area contributed by atoms with E-state index in [4.69, 9.17) is 5.26 Å². The van der Waals surface area contributed by atoms with Gasteiger partial charge in [-0.15, -0.1) is 0 Å². The molecule has 0 atom stereocenters. The molecule has 0 saturated heterocycles. The first-order valence-electron chi connectivity index (χ1n) is 8.49. The van der Waals surface area contributed by atoms with Gasteiger partial charge in [0.15, 0.2) is 0 Å². The number of hydrogen-bond acceptors (Lipinski definition) is 4. The van der Waals surface area contributed by atoms with Gasteiger partial charge < -0.3 is 5.32 Å². The first-order valence-corrected chi connectivity index (χ1v) is 9.97. The Kier molecular flexibility index (Phi) is 5.43. The average Bonchev–Trinajstić information content (AvgIpc) is 2.70. The zero-order valence-corrected chi connectivity index (χ0v) is 15.6. The van der Waals surface area contributed by atoms with Crippen LogP contribution >= 0.6 is 0 Å². The maximum Gasteiger partial charge on any atom is 0.261 e. The summed E-state index contributed by atoms with van der Waals surface area (Å²) in [6, 6.07) is 23.0. The first kappa shape index (κ1) is 18.5. The fraction of sp³-hybridized carbons (Fsp3) is 0.0952. The van der Waals surface area contributed by atoms with Crippen LogP contribution in [0.15, 0.2) is 77.7 Å². The van der Waals surface area contributed by atoms with E-state index in [2.05, 4.69) is 16.1 Å². The second-order valence-electron chi connectivity index (χ2n) is 5.99. The molecule has 0 aliphatic rings. The van der Waals surface area contributed by atoms with E-state index in [-0.39, 0.29) is 4.90 Å². The molecule has 0 bridgehead atoms. The maximum atomic E-state index is 12.5. The summed E-state index contributed by atoms with van der Waals surface area (Å²) < 4.78 is 27.6. The Labute approximate surface area is 159 Å². The highest BCUT2D eigenvalue weighted by Crippen LogP contribution is 2.21. The van der Waals surface area contributed by atoms with E-state index >= 15 is 0 Å². The molecule has 0 aliphatic carbocycles. The van der Waals surface area contributed by atoms with Crippen molar-refractivity contribution in [3.63, 3.8) is 0 Å². The third-order valence-electron chi connectivity index (χ3n) is 4.08. The van der Waals surface area contributed by atoms with Crippen molar-refractivity contribution in [2.24, 2.45) is 0 Å². The number of nitrogens with one attached hydrogen (secondary N) is 2. The summed E-state index contributed by atoms with van der Waals surface area (Å²) in [4.78, 5) is 0.236. The van der Waals surface area contributed by atoms with Gasteiger partial charge >= 0.3 is 0 Å². The van der Waals surface area contributed by atoms with E-state index < -0.39 is 10.0 Å². The normalized spacial score (nSPS) is 10.8. The topological polar surface area (TPSA) is 82.0 Å². The zero-order valence-electron chi connectivity index (χ0n) is 14.8. The molecule has 2 N–H and O–H groups in total. The lowest BCUT2D eigenvalue weighted by atomic mass is 10.2. The van der Waals surface area contributed by atoms with Crippen molar-refractivity contribution in [1.82, 2.24) is 0 Å². The van der Waals surface area contributed by atoms with Crippen molar-refractivity contribution >= 4 is 27.1 Å². The van der Waals surface area contributed by atoms with Gasteiger partial charge in [-0.2, -0.15) is 5.26 Å². The lowest BCUT2D eigenvalue weighted by Crippen LogP contribution is -2.12. The summed E-state index contributed by atoms with van der Waals surface area (Å²) in [5, 5.41) is 12.0. The van der Waals surface area contributed by atoms with Gasteiger partial charge in [0.05, 0.1) is 16.5 Å². The van der Waals surface area contributed by atoms with Crippen molar-refractivity contribution in [3.05, 3.63) is 83.9 Å². The van der Waals surface area contributed by atoms with Crippen molar-refractivity contribution in [1.29, 1.82) is 5.26 Å². The van der Waals surface area contributed by atoms with Gasteiger partial charge in [-0.05, 0) is 72.6 Å². The van der Waals surface area contributed by atoms with Gasteiger partial charge in [-0.25, -0.2) is 8.42 Å². The van der Waals surface area contributed by atoms with Crippen LogP contribution in [-0.2, 0) is 16.4 Å². The van der Waals surface area contributed by atoms with E-state index in [1.807, 2.05) is 31.2 Å². The maximum absolute atomic E-state index is 12.5. The molecular formula is C21H19N3O2S. The van der Waals surface area contributed by atoms with Crippen LogP contribution in [0.4, 0.5) is 17.1 Å². The van der Waals surface area contributed by atoms with E-state index in [1.54, 1.807) is 48.5 Å². The summed E-state index contributed by atoms with van der Waals surface area (Å²) in [6.45, 7) is 2.02. The summed E-state index contributed by atoms with van der Waals surface area (Å²) >= 11 is 0. The smallest absolute Gasteiger partial charge is 0.261 e. The van der Waals surface area contributed by atoms with Gasteiger partial charge in [-0.1, -0.05) is 19.1 Å². The first-order chi connectivity index (χ1) is 13.0. The minimum absolute atomic E-state index is 0.236. The Hall–Kier alpha value is -3.30. The molecule has 0 unspecified atom stereocenters. The fourth-order valence-electron chi connectivity index (χ4n) is 2.53. The highest BCUT2D eigenvalue weighted by Gasteiger charge is 2.13. The number of benzene rings is 3. The molecule has 6 heteroatoms. The molecule has 136 valence electrons. The van der Waals surface area contributed by atoms with E-state index in [0.717, 1.165) is 23.4 Å². The minimum Gasteiger partial charge on any atom is -0.356 e. The Morgan fingerprint density at radius 1 is 0.815 bits per heavy atom. The highest BCUT2D eigenvalue weighted by atomic mass is 32.2. The van der Waals surface area contributed by atoms with Crippen molar-refractivity contribution < 1.29 is 8.42 Å². The van der Waals surface area contributed by atoms with Crippen LogP contribution in [0, 0.1) is 11.3 Å². The number of nitrogens with zero attached hydrogens (tertiary/aromatic N) is 1. The molecule has 0 aromatic heterocycles. The van der Waals surface area contributed by atoms with Gasteiger partial charge in [0, 0.05) is 17.1 Å². The lowest BCUT2D eigenvalue weighted by Gasteiger charge is -2.10. The standard InChI is InChI=1S/C21H19N3O2S/c1-2-16-5-13-21(14-6-16)27(25,26)24-20-11-9-19(10-12-20)23-18-7-3-17(15-22)4-8-18/h3-14,23-24H,2H2,1H3. The SMILES string of the molecule is CCc1ccc(S(=O)(=O)Nc2ccc(Nc3ccc(C#N)cc3)cc2)cc1. The van der Waals surface area contributed by atoms with Crippen LogP contribution in [-0.4, -0.2) is 8.42 Å². The molecular weight excluding hydrogens is 358 g/mol. The molecule has 0 aliphatic heterocycles. The van der Waals surface area contributed by atoms with Crippen LogP contribution in [0.1, 0.15) is 18.1 Å².